The van der Waals surface area contributed by atoms with Gasteiger partial charge in [0, 0.05) is 21.8 Å². The summed E-state index contributed by atoms with van der Waals surface area (Å²) in [5.74, 6) is 0. The Morgan fingerprint density at radius 3 is 2.85 bits per heavy atom. The average molecular weight is 229 g/mol. The molecule has 0 unspecified atom stereocenters. The molecule has 0 amide bonds. The summed E-state index contributed by atoms with van der Waals surface area (Å²) in [6.07, 6.45) is 1.72. The lowest BCUT2D eigenvalue weighted by atomic mass is 10.2. The van der Waals surface area contributed by atoms with Crippen LogP contribution in [0.4, 0.5) is 0 Å². The predicted octanol–water partition coefficient (Wildman–Crippen LogP) is 3.92. The maximum Gasteiger partial charge on any atom is 0.152 e. The summed E-state index contributed by atoms with van der Waals surface area (Å²) < 4.78 is 0. The Hall–Kier alpha value is -0.570. The van der Waals surface area contributed by atoms with Crippen LogP contribution >= 0.6 is 34.5 Å². The highest BCUT2D eigenvalue weighted by atomic mass is 35.5. The van der Waals surface area contributed by atoms with Gasteiger partial charge in [-0.25, -0.2) is 4.98 Å². The Morgan fingerprint density at radius 2 is 2.15 bits per heavy atom. The van der Waals surface area contributed by atoms with E-state index < -0.39 is 0 Å². The fraction of sp³-hybridized carbons (Fsp3) is 0. The van der Waals surface area contributed by atoms with Gasteiger partial charge in [0.1, 0.15) is 0 Å². The van der Waals surface area contributed by atoms with Crippen LogP contribution in [0.15, 0.2) is 24.4 Å². The van der Waals surface area contributed by atoms with Gasteiger partial charge >= 0.3 is 0 Å². The van der Waals surface area contributed by atoms with Gasteiger partial charge in [-0.2, -0.15) is 0 Å². The van der Waals surface area contributed by atoms with Crippen LogP contribution < -0.4 is 0 Å². The predicted molar refractivity (Wildman–Crippen MR) is 56.4 cm³/mol. The molecule has 1 aromatic carbocycles. The molecule has 1 nitrogen and oxygen atoms in total. The zero-order valence-electron chi connectivity index (χ0n) is 6.42. The Kier molecular flexibility index (Phi) is 2.54. The van der Waals surface area contributed by atoms with Crippen LogP contribution in [0.3, 0.4) is 0 Å². The van der Waals surface area contributed by atoms with Gasteiger partial charge in [0.15, 0.2) is 5.51 Å². The van der Waals surface area contributed by atoms with Gasteiger partial charge in [0.25, 0.3) is 0 Å². The molecule has 0 atom stereocenters. The SMILES string of the molecule is Clc1ccc(Cl)c(-c2cn[c]s2)c1. The Bertz CT molecular complexity index is 412. The molecule has 0 aliphatic heterocycles. The summed E-state index contributed by atoms with van der Waals surface area (Å²) in [5.41, 5.74) is 3.67. The van der Waals surface area contributed by atoms with Crippen molar-refractivity contribution >= 4 is 34.5 Å². The first-order chi connectivity index (χ1) is 6.27. The van der Waals surface area contributed by atoms with Crippen molar-refractivity contribution in [2.45, 2.75) is 0 Å². The second-order valence-corrected chi connectivity index (χ2v) is 4.11. The van der Waals surface area contributed by atoms with Crippen molar-refractivity contribution in [1.82, 2.24) is 4.98 Å². The number of rotatable bonds is 1. The van der Waals surface area contributed by atoms with Gasteiger partial charge in [-0.1, -0.05) is 23.2 Å². The molecule has 0 saturated carbocycles. The third-order valence-electron chi connectivity index (χ3n) is 1.58. The smallest absolute Gasteiger partial charge is 0.152 e. The molecule has 0 saturated heterocycles. The molecule has 2 rings (SSSR count). The second kappa shape index (κ2) is 3.66. The fourth-order valence-electron chi connectivity index (χ4n) is 0.998. The number of hydrogen-bond donors (Lipinski definition) is 0. The van der Waals surface area contributed by atoms with Gasteiger partial charge in [0.05, 0.1) is 4.88 Å². The molecule has 0 aliphatic rings. The summed E-state index contributed by atoms with van der Waals surface area (Å²) in [6, 6.07) is 5.36. The molecular weight excluding hydrogens is 225 g/mol. The molecule has 0 aliphatic carbocycles. The van der Waals surface area contributed by atoms with E-state index in [9.17, 15) is 0 Å². The van der Waals surface area contributed by atoms with Gasteiger partial charge in [-0.05, 0) is 18.2 Å². The highest BCUT2D eigenvalue weighted by molar-refractivity contribution is 7.12. The zero-order chi connectivity index (χ0) is 9.26. The summed E-state index contributed by atoms with van der Waals surface area (Å²) in [7, 11) is 0. The van der Waals surface area contributed by atoms with Gasteiger partial charge < -0.3 is 0 Å². The average Bonchev–Trinajstić information content (AvgIpc) is 2.61. The zero-order valence-corrected chi connectivity index (χ0v) is 8.75. The van der Waals surface area contributed by atoms with Gasteiger partial charge in [-0.15, -0.1) is 11.3 Å². The molecule has 2 aromatic rings. The maximum absolute atomic E-state index is 5.99. The largest absolute Gasteiger partial charge is 0.241 e. The highest BCUT2D eigenvalue weighted by Crippen LogP contribution is 2.32. The number of hydrogen-bond acceptors (Lipinski definition) is 2. The van der Waals surface area contributed by atoms with Crippen molar-refractivity contribution in [2.24, 2.45) is 0 Å². The van der Waals surface area contributed by atoms with Crippen molar-refractivity contribution in [2.75, 3.05) is 0 Å². The molecule has 0 spiro atoms. The molecule has 1 radical (unpaired) electrons. The lowest BCUT2D eigenvalue weighted by molar-refractivity contribution is 1.41. The van der Waals surface area contributed by atoms with E-state index >= 15 is 0 Å². The third kappa shape index (κ3) is 1.85. The van der Waals surface area contributed by atoms with Crippen LogP contribution in [0, 0.1) is 5.51 Å². The fourth-order valence-corrected chi connectivity index (χ4v) is 2.03. The first-order valence-electron chi connectivity index (χ1n) is 3.54. The minimum absolute atomic E-state index is 0.674. The molecular formula is C9H4Cl2NS. The van der Waals surface area contributed by atoms with E-state index in [2.05, 4.69) is 10.5 Å². The lowest BCUT2D eigenvalue weighted by Crippen LogP contribution is -1.74. The topological polar surface area (TPSA) is 12.9 Å². The Balaban J connectivity index is 2.57. The molecule has 65 valence electrons. The van der Waals surface area contributed by atoms with E-state index in [4.69, 9.17) is 23.2 Å². The van der Waals surface area contributed by atoms with Gasteiger partial charge in [0.2, 0.25) is 0 Å². The standard InChI is InChI=1S/C9H4Cl2NS/c10-6-1-2-8(11)7(3-6)9-4-12-5-13-9/h1-4H. The van der Waals surface area contributed by atoms with E-state index in [-0.39, 0.29) is 0 Å². The molecule has 13 heavy (non-hydrogen) atoms. The van der Waals surface area contributed by atoms with E-state index in [1.807, 2.05) is 6.07 Å². The quantitative estimate of drug-likeness (QED) is 0.722. The number of benzene rings is 1. The number of thiazole rings is 1. The molecule has 1 aromatic heterocycles. The van der Waals surface area contributed by atoms with E-state index in [0.29, 0.717) is 10.0 Å². The summed E-state index contributed by atoms with van der Waals surface area (Å²) in [5, 5.41) is 1.36. The van der Waals surface area contributed by atoms with Crippen LogP contribution in [0.2, 0.25) is 10.0 Å². The van der Waals surface area contributed by atoms with Crippen molar-refractivity contribution in [1.29, 1.82) is 0 Å². The summed E-state index contributed by atoms with van der Waals surface area (Å²) in [6.45, 7) is 0. The number of nitrogens with zero attached hydrogens (tertiary/aromatic N) is 1. The molecule has 1 heterocycles. The minimum Gasteiger partial charge on any atom is -0.241 e. The van der Waals surface area contributed by atoms with Crippen molar-refractivity contribution in [3.05, 3.63) is 40.0 Å². The molecule has 0 fully saturated rings. The van der Waals surface area contributed by atoms with E-state index in [1.54, 1.807) is 18.3 Å². The van der Waals surface area contributed by atoms with Crippen molar-refractivity contribution in [3.8, 4) is 10.4 Å². The van der Waals surface area contributed by atoms with Crippen LogP contribution in [-0.4, -0.2) is 4.98 Å². The van der Waals surface area contributed by atoms with Crippen LogP contribution in [0.5, 0.6) is 0 Å². The third-order valence-corrected chi connectivity index (χ3v) is 2.89. The first kappa shape index (κ1) is 9.00. The van der Waals surface area contributed by atoms with Crippen LogP contribution in [0.1, 0.15) is 0 Å². The molecule has 0 bridgehead atoms. The van der Waals surface area contributed by atoms with E-state index in [0.717, 1.165) is 10.4 Å². The summed E-state index contributed by atoms with van der Waals surface area (Å²) in [4.78, 5) is 4.84. The van der Waals surface area contributed by atoms with Crippen LogP contribution in [-0.2, 0) is 0 Å². The van der Waals surface area contributed by atoms with Crippen molar-refractivity contribution in [3.63, 3.8) is 0 Å². The first-order valence-corrected chi connectivity index (χ1v) is 5.12. The molecule has 4 heteroatoms. The van der Waals surface area contributed by atoms with Crippen LogP contribution in [0.25, 0.3) is 10.4 Å². The molecule has 0 N–H and O–H groups in total. The Morgan fingerprint density at radius 1 is 1.31 bits per heavy atom. The highest BCUT2D eigenvalue weighted by Gasteiger charge is 2.05. The maximum atomic E-state index is 5.99. The summed E-state index contributed by atoms with van der Waals surface area (Å²) >= 11 is 13.3. The van der Waals surface area contributed by atoms with Gasteiger partial charge in [-0.3, -0.25) is 0 Å². The minimum atomic E-state index is 0.674. The van der Waals surface area contributed by atoms with E-state index in [1.165, 1.54) is 11.3 Å². The number of halogens is 2. The van der Waals surface area contributed by atoms with Crippen molar-refractivity contribution < 1.29 is 0 Å². The Labute approximate surface area is 90.0 Å². The number of aromatic nitrogens is 1. The monoisotopic (exact) mass is 228 g/mol. The normalized spacial score (nSPS) is 10.3. The second-order valence-electron chi connectivity index (χ2n) is 2.44. The lowest BCUT2D eigenvalue weighted by Gasteiger charge is -2.00.